The molecule has 0 aliphatic carbocycles. The lowest BCUT2D eigenvalue weighted by Crippen LogP contribution is -2.30. The molecule has 0 aliphatic heterocycles. The molecule has 5 nitrogen and oxygen atoms in total. The van der Waals surface area contributed by atoms with Gasteiger partial charge in [-0.25, -0.2) is 4.79 Å². The molecule has 0 spiro atoms. The number of rotatable bonds is 5. The summed E-state index contributed by atoms with van der Waals surface area (Å²) in [6, 6.07) is 8.53. The number of carbonyl (C=O) groups is 2. The number of furan rings is 1. The molecule has 0 N–H and O–H groups in total. The second-order valence-corrected chi connectivity index (χ2v) is 6.47. The fourth-order valence-corrected chi connectivity index (χ4v) is 3.01. The van der Waals surface area contributed by atoms with Crippen molar-refractivity contribution >= 4 is 45.8 Å². The van der Waals surface area contributed by atoms with Crippen LogP contribution in [0.2, 0.25) is 5.02 Å². The summed E-state index contributed by atoms with van der Waals surface area (Å²) in [5.41, 5.74) is 1.57. The number of esters is 1. The molecule has 24 heavy (non-hydrogen) atoms. The molecule has 0 radical (unpaired) electrons. The maximum absolute atomic E-state index is 12.0. The van der Waals surface area contributed by atoms with E-state index in [1.165, 1.54) is 4.90 Å². The Hall–Kier alpha value is -2.31. The molecular weight excluding hydrogens is 350 g/mol. The first kappa shape index (κ1) is 16.5. The third-order valence-electron chi connectivity index (χ3n) is 3.43. The second-order valence-electron chi connectivity index (χ2n) is 5.25. The van der Waals surface area contributed by atoms with Crippen molar-refractivity contribution in [2.24, 2.45) is 0 Å². The van der Waals surface area contributed by atoms with Gasteiger partial charge in [-0.15, -0.1) is 0 Å². The standard InChI is InChI=1S/C17H14ClNO4S/c1-19(8-11-4-5-24-10-11)16(20)9-22-17(21)15-7-12-6-13(18)2-3-14(12)23-15/h2-7,10H,8-9H2,1H3. The fraction of sp³-hybridized carbons (Fsp3) is 0.176. The van der Waals surface area contributed by atoms with Crippen LogP contribution in [0.3, 0.4) is 0 Å². The topological polar surface area (TPSA) is 59.8 Å². The monoisotopic (exact) mass is 363 g/mol. The number of nitrogens with zero attached hydrogens (tertiary/aromatic N) is 1. The number of fused-ring (bicyclic) bond motifs is 1. The number of ether oxygens (including phenoxy) is 1. The van der Waals surface area contributed by atoms with Crippen molar-refractivity contribution in [2.45, 2.75) is 6.54 Å². The maximum atomic E-state index is 12.0. The summed E-state index contributed by atoms with van der Waals surface area (Å²) in [7, 11) is 1.66. The number of carbonyl (C=O) groups excluding carboxylic acids is 2. The van der Waals surface area contributed by atoms with Gasteiger partial charge in [0.1, 0.15) is 5.58 Å². The van der Waals surface area contributed by atoms with Crippen LogP contribution in [0.25, 0.3) is 11.0 Å². The predicted octanol–water partition coefficient (Wildman–Crippen LogP) is 3.96. The molecule has 3 aromatic rings. The smallest absolute Gasteiger partial charge is 0.374 e. The van der Waals surface area contributed by atoms with Gasteiger partial charge in [-0.05, 0) is 46.7 Å². The van der Waals surface area contributed by atoms with Gasteiger partial charge in [0.2, 0.25) is 5.76 Å². The lowest BCUT2D eigenvalue weighted by molar-refractivity contribution is -0.133. The van der Waals surface area contributed by atoms with Crippen LogP contribution in [0, 0.1) is 0 Å². The summed E-state index contributed by atoms with van der Waals surface area (Å²) in [5.74, 6) is -0.922. The van der Waals surface area contributed by atoms with Crippen molar-refractivity contribution in [3.63, 3.8) is 0 Å². The van der Waals surface area contributed by atoms with Crippen LogP contribution in [-0.4, -0.2) is 30.4 Å². The van der Waals surface area contributed by atoms with Gasteiger partial charge in [0.05, 0.1) is 0 Å². The highest BCUT2D eigenvalue weighted by Crippen LogP contribution is 2.23. The van der Waals surface area contributed by atoms with Gasteiger partial charge in [0.25, 0.3) is 5.91 Å². The lowest BCUT2D eigenvalue weighted by atomic mass is 10.2. The number of benzene rings is 1. The average Bonchev–Trinajstić information content (AvgIpc) is 3.20. The van der Waals surface area contributed by atoms with Crippen molar-refractivity contribution in [3.05, 3.63) is 57.4 Å². The maximum Gasteiger partial charge on any atom is 0.374 e. The minimum Gasteiger partial charge on any atom is -0.450 e. The molecule has 0 bridgehead atoms. The van der Waals surface area contributed by atoms with Crippen molar-refractivity contribution < 1.29 is 18.7 Å². The van der Waals surface area contributed by atoms with E-state index in [0.717, 1.165) is 5.56 Å². The van der Waals surface area contributed by atoms with E-state index in [-0.39, 0.29) is 18.3 Å². The van der Waals surface area contributed by atoms with Crippen LogP contribution in [0.1, 0.15) is 16.1 Å². The Balaban J connectivity index is 1.58. The highest BCUT2D eigenvalue weighted by molar-refractivity contribution is 7.07. The van der Waals surface area contributed by atoms with E-state index in [0.29, 0.717) is 22.5 Å². The number of hydrogen-bond donors (Lipinski definition) is 0. The first-order valence-electron chi connectivity index (χ1n) is 7.14. The molecule has 0 aliphatic rings. The predicted molar refractivity (Wildman–Crippen MR) is 92.3 cm³/mol. The molecule has 2 heterocycles. The number of amides is 1. The summed E-state index contributed by atoms with van der Waals surface area (Å²) in [5, 5.41) is 5.17. The lowest BCUT2D eigenvalue weighted by Gasteiger charge is -2.16. The fourth-order valence-electron chi connectivity index (χ4n) is 2.17. The van der Waals surface area contributed by atoms with Crippen LogP contribution in [0.4, 0.5) is 0 Å². The van der Waals surface area contributed by atoms with Crippen LogP contribution in [0.15, 0.2) is 45.5 Å². The van der Waals surface area contributed by atoms with Crippen molar-refractivity contribution in [3.8, 4) is 0 Å². The normalized spacial score (nSPS) is 10.8. The second kappa shape index (κ2) is 7.07. The SMILES string of the molecule is CN(Cc1ccsc1)C(=O)COC(=O)c1cc2cc(Cl)ccc2o1. The molecule has 0 unspecified atom stereocenters. The summed E-state index contributed by atoms with van der Waals surface area (Å²) in [6.45, 7) is 0.139. The zero-order valence-corrected chi connectivity index (χ0v) is 14.4. The van der Waals surface area contributed by atoms with E-state index in [9.17, 15) is 9.59 Å². The molecule has 0 atom stereocenters. The Kier molecular flexibility index (Phi) is 4.87. The molecule has 0 saturated heterocycles. The highest BCUT2D eigenvalue weighted by atomic mass is 35.5. The van der Waals surface area contributed by atoms with E-state index >= 15 is 0 Å². The van der Waals surface area contributed by atoms with Crippen LogP contribution < -0.4 is 0 Å². The summed E-state index contributed by atoms with van der Waals surface area (Å²) in [4.78, 5) is 25.6. The molecule has 0 fully saturated rings. The number of halogens is 1. The number of thiophene rings is 1. The van der Waals surface area contributed by atoms with E-state index in [2.05, 4.69) is 0 Å². The van der Waals surface area contributed by atoms with Crippen molar-refractivity contribution in [1.82, 2.24) is 4.90 Å². The van der Waals surface area contributed by atoms with Crippen LogP contribution in [-0.2, 0) is 16.1 Å². The van der Waals surface area contributed by atoms with E-state index in [4.69, 9.17) is 20.8 Å². The van der Waals surface area contributed by atoms with E-state index in [1.54, 1.807) is 42.6 Å². The first-order valence-corrected chi connectivity index (χ1v) is 8.46. The van der Waals surface area contributed by atoms with Gasteiger partial charge in [-0.1, -0.05) is 11.6 Å². The number of hydrogen-bond acceptors (Lipinski definition) is 5. The molecule has 0 saturated carbocycles. The molecular formula is C17H14ClNO4S. The van der Waals surface area contributed by atoms with Gasteiger partial charge < -0.3 is 14.1 Å². The first-order chi connectivity index (χ1) is 11.5. The zero-order chi connectivity index (χ0) is 17.1. The summed E-state index contributed by atoms with van der Waals surface area (Å²) in [6.07, 6.45) is 0. The van der Waals surface area contributed by atoms with Gasteiger partial charge >= 0.3 is 5.97 Å². The van der Waals surface area contributed by atoms with Gasteiger partial charge in [0.15, 0.2) is 6.61 Å². The Labute approximate surface area is 147 Å². The molecule has 1 aromatic carbocycles. The molecule has 3 rings (SSSR count). The molecule has 2 aromatic heterocycles. The van der Waals surface area contributed by atoms with Crippen LogP contribution >= 0.6 is 22.9 Å². The summed E-state index contributed by atoms with van der Waals surface area (Å²) >= 11 is 7.46. The Bertz CT molecular complexity index is 872. The Morgan fingerprint density at radius 3 is 2.88 bits per heavy atom. The van der Waals surface area contributed by atoms with E-state index < -0.39 is 5.97 Å². The highest BCUT2D eigenvalue weighted by Gasteiger charge is 2.17. The quantitative estimate of drug-likeness (QED) is 0.644. The van der Waals surface area contributed by atoms with Gasteiger partial charge in [-0.2, -0.15) is 11.3 Å². The Morgan fingerprint density at radius 1 is 1.29 bits per heavy atom. The largest absolute Gasteiger partial charge is 0.450 e. The minimum absolute atomic E-state index is 0.0422. The van der Waals surface area contributed by atoms with E-state index in [1.807, 2.05) is 16.8 Å². The molecule has 124 valence electrons. The number of likely N-dealkylation sites (N-methyl/N-ethyl adjacent to an activating group) is 1. The van der Waals surface area contributed by atoms with Gasteiger partial charge in [0, 0.05) is 24.0 Å². The van der Waals surface area contributed by atoms with Gasteiger partial charge in [-0.3, -0.25) is 4.79 Å². The molecule has 1 amide bonds. The third-order valence-corrected chi connectivity index (χ3v) is 4.40. The summed E-state index contributed by atoms with van der Waals surface area (Å²) < 4.78 is 10.4. The molecule has 7 heteroatoms. The Morgan fingerprint density at radius 2 is 2.12 bits per heavy atom. The van der Waals surface area contributed by atoms with Crippen LogP contribution in [0.5, 0.6) is 0 Å². The zero-order valence-electron chi connectivity index (χ0n) is 12.8. The minimum atomic E-state index is -0.681. The van der Waals surface area contributed by atoms with Crippen molar-refractivity contribution in [1.29, 1.82) is 0 Å². The van der Waals surface area contributed by atoms with Crippen molar-refractivity contribution in [2.75, 3.05) is 13.7 Å². The average molecular weight is 364 g/mol. The third kappa shape index (κ3) is 3.77.